The van der Waals surface area contributed by atoms with E-state index in [1.54, 1.807) is 12.1 Å². The van der Waals surface area contributed by atoms with Crippen LogP contribution in [0.5, 0.6) is 11.5 Å². The molecule has 2 heterocycles. The Balaban J connectivity index is 1.25. The van der Waals surface area contributed by atoms with Crippen LogP contribution < -0.4 is 4.74 Å². The molecule has 6 heteroatoms. The molecule has 2 aliphatic heterocycles. The van der Waals surface area contributed by atoms with Crippen LogP contribution in [0.15, 0.2) is 72.8 Å². The maximum Gasteiger partial charge on any atom is 0.255 e. The molecule has 170 valence electrons. The number of nitrogens with zero attached hydrogens (tertiary/aromatic N) is 2. The molecular weight excluding hydrogens is 455 g/mol. The van der Waals surface area contributed by atoms with Gasteiger partial charge in [0.05, 0.1) is 10.6 Å². The fraction of sp³-hybridized carbons (Fsp3) is 0.296. The summed E-state index contributed by atoms with van der Waals surface area (Å²) in [4.78, 5) is 17.8. The molecule has 4 nitrogen and oxygen atoms in total. The summed E-state index contributed by atoms with van der Waals surface area (Å²) in [5.74, 6) is 1.67. The van der Waals surface area contributed by atoms with E-state index in [0.717, 1.165) is 37.5 Å². The van der Waals surface area contributed by atoms with Crippen LogP contribution in [0.3, 0.4) is 0 Å². The van der Waals surface area contributed by atoms with Crippen LogP contribution in [0.1, 0.15) is 34.7 Å². The van der Waals surface area contributed by atoms with Crippen molar-refractivity contribution in [3.05, 3.63) is 94.0 Å². The minimum absolute atomic E-state index is 0.0296. The zero-order valence-electron chi connectivity index (χ0n) is 18.3. The number of para-hydroxylation sites is 1. The molecule has 2 saturated heterocycles. The van der Waals surface area contributed by atoms with Crippen LogP contribution in [-0.2, 0) is 0 Å². The molecule has 0 bridgehead atoms. The Morgan fingerprint density at radius 2 is 1.64 bits per heavy atom. The SMILES string of the molecule is O=C(c1cccc(Oc2ccccc2)c1Cl)N1CCN2C[C@@H](c3ccc(Cl)cc3)CC[C@@H]2C1. The number of hydrogen-bond donors (Lipinski definition) is 0. The summed E-state index contributed by atoms with van der Waals surface area (Å²) < 4.78 is 5.92. The van der Waals surface area contributed by atoms with Crippen LogP contribution in [0.25, 0.3) is 0 Å². The van der Waals surface area contributed by atoms with Crippen molar-refractivity contribution in [2.75, 3.05) is 26.2 Å². The fourth-order valence-electron chi connectivity index (χ4n) is 4.91. The lowest BCUT2D eigenvalue weighted by atomic mass is 9.86. The number of ether oxygens (including phenoxy) is 1. The summed E-state index contributed by atoms with van der Waals surface area (Å²) in [5, 5.41) is 1.14. The van der Waals surface area contributed by atoms with Crippen molar-refractivity contribution in [1.29, 1.82) is 0 Å². The second-order valence-corrected chi connectivity index (χ2v) is 9.57. The van der Waals surface area contributed by atoms with Gasteiger partial charge in [0.25, 0.3) is 5.91 Å². The number of benzene rings is 3. The molecule has 3 aromatic carbocycles. The van der Waals surface area contributed by atoms with Gasteiger partial charge in [0.1, 0.15) is 11.5 Å². The van der Waals surface area contributed by atoms with E-state index in [4.69, 9.17) is 27.9 Å². The standard InChI is InChI=1S/C27H26Cl2N2O2/c28-21-12-9-19(10-13-21)20-11-14-22-18-31(16-15-30(22)17-20)27(32)24-7-4-8-25(26(24)29)33-23-5-2-1-3-6-23/h1-10,12-13,20,22H,11,14-18H2/t20-,22+/m0/s1. The molecule has 2 atom stereocenters. The van der Waals surface area contributed by atoms with E-state index in [9.17, 15) is 4.79 Å². The van der Waals surface area contributed by atoms with Gasteiger partial charge >= 0.3 is 0 Å². The molecule has 1 amide bonds. The lowest BCUT2D eigenvalue weighted by Gasteiger charge is -2.46. The summed E-state index contributed by atoms with van der Waals surface area (Å²) in [6, 6.07) is 23.5. The predicted molar refractivity (Wildman–Crippen MR) is 133 cm³/mol. The first kappa shape index (κ1) is 22.3. The van der Waals surface area contributed by atoms with Crippen molar-refractivity contribution in [3.63, 3.8) is 0 Å². The lowest BCUT2D eigenvalue weighted by Crippen LogP contribution is -2.57. The molecule has 0 unspecified atom stereocenters. The molecule has 0 spiro atoms. The topological polar surface area (TPSA) is 32.8 Å². The molecule has 0 radical (unpaired) electrons. The van der Waals surface area contributed by atoms with E-state index >= 15 is 0 Å². The monoisotopic (exact) mass is 480 g/mol. The van der Waals surface area contributed by atoms with E-state index in [1.165, 1.54) is 5.56 Å². The highest BCUT2D eigenvalue weighted by molar-refractivity contribution is 6.35. The average molecular weight is 481 g/mol. The number of piperazine rings is 1. The lowest BCUT2D eigenvalue weighted by molar-refractivity contribution is 0.0329. The van der Waals surface area contributed by atoms with Gasteiger partial charge in [-0.05, 0) is 60.7 Å². The summed E-state index contributed by atoms with van der Waals surface area (Å²) in [6.45, 7) is 3.32. The van der Waals surface area contributed by atoms with Crippen LogP contribution in [0.2, 0.25) is 10.0 Å². The number of fused-ring (bicyclic) bond motifs is 1. The number of amides is 1. The van der Waals surface area contributed by atoms with Crippen molar-refractivity contribution in [2.45, 2.75) is 24.8 Å². The Bertz CT molecular complexity index is 1120. The summed E-state index contributed by atoms with van der Waals surface area (Å²) in [7, 11) is 0. The molecule has 33 heavy (non-hydrogen) atoms. The minimum atomic E-state index is -0.0296. The Hall–Kier alpha value is -2.53. The van der Waals surface area contributed by atoms with Crippen molar-refractivity contribution in [1.82, 2.24) is 9.80 Å². The Morgan fingerprint density at radius 3 is 2.42 bits per heavy atom. The van der Waals surface area contributed by atoms with Crippen LogP contribution in [0, 0.1) is 0 Å². The van der Waals surface area contributed by atoms with Crippen molar-refractivity contribution in [2.24, 2.45) is 0 Å². The third-order valence-corrected chi connectivity index (χ3v) is 7.34. The third-order valence-electron chi connectivity index (χ3n) is 6.70. The smallest absolute Gasteiger partial charge is 0.255 e. The highest BCUT2D eigenvalue weighted by Gasteiger charge is 2.35. The highest BCUT2D eigenvalue weighted by atomic mass is 35.5. The first-order chi connectivity index (χ1) is 16.1. The quantitative estimate of drug-likeness (QED) is 0.427. The van der Waals surface area contributed by atoms with Gasteiger partial charge in [-0.15, -0.1) is 0 Å². The largest absolute Gasteiger partial charge is 0.456 e. The maximum atomic E-state index is 13.4. The highest BCUT2D eigenvalue weighted by Crippen LogP contribution is 2.35. The van der Waals surface area contributed by atoms with Crippen LogP contribution >= 0.6 is 23.2 Å². The number of hydrogen-bond acceptors (Lipinski definition) is 3. The zero-order valence-corrected chi connectivity index (χ0v) is 19.8. The maximum absolute atomic E-state index is 13.4. The van der Waals surface area contributed by atoms with E-state index in [-0.39, 0.29) is 5.91 Å². The number of halogens is 2. The van der Waals surface area contributed by atoms with Gasteiger partial charge in [-0.2, -0.15) is 0 Å². The molecule has 0 aromatic heterocycles. The molecule has 2 aliphatic rings. The number of carbonyl (C=O) groups excluding carboxylic acids is 1. The molecule has 3 aromatic rings. The second kappa shape index (κ2) is 9.76. The number of rotatable bonds is 4. The van der Waals surface area contributed by atoms with Gasteiger partial charge in [0, 0.05) is 37.2 Å². The first-order valence-corrected chi connectivity index (χ1v) is 12.1. The van der Waals surface area contributed by atoms with E-state index < -0.39 is 0 Å². The summed E-state index contributed by atoms with van der Waals surface area (Å²) in [5.41, 5.74) is 1.84. The van der Waals surface area contributed by atoms with Crippen molar-refractivity contribution >= 4 is 29.1 Å². The summed E-state index contributed by atoms with van der Waals surface area (Å²) in [6.07, 6.45) is 2.19. The normalized spacial score (nSPS) is 20.8. The van der Waals surface area contributed by atoms with Gasteiger partial charge in [0.2, 0.25) is 0 Å². The number of carbonyl (C=O) groups is 1. The Kier molecular flexibility index (Phi) is 6.59. The Morgan fingerprint density at radius 1 is 0.848 bits per heavy atom. The predicted octanol–water partition coefficient (Wildman–Crippen LogP) is 6.49. The van der Waals surface area contributed by atoms with Gasteiger partial charge in [-0.3, -0.25) is 9.69 Å². The van der Waals surface area contributed by atoms with Gasteiger partial charge in [0.15, 0.2) is 0 Å². The molecule has 5 rings (SSSR count). The molecular formula is C27H26Cl2N2O2. The Labute approximate surface area is 204 Å². The molecule has 0 N–H and O–H groups in total. The van der Waals surface area contributed by atoms with Crippen LogP contribution in [-0.4, -0.2) is 47.9 Å². The van der Waals surface area contributed by atoms with Gasteiger partial charge < -0.3 is 9.64 Å². The van der Waals surface area contributed by atoms with E-state index in [0.29, 0.717) is 40.6 Å². The van der Waals surface area contributed by atoms with Crippen molar-refractivity contribution in [3.8, 4) is 11.5 Å². The fourth-order valence-corrected chi connectivity index (χ4v) is 5.28. The molecule has 0 saturated carbocycles. The molecule has 2 fully saturated rings. The zero-order chi connectivity index (χ0) is 22.8. The van der Waals surface area contributed by atoms with Gasteiger partial charge in [-0.25, -0.2) is 0 Å². The van der Waals surface area contributed by atoms with Gasteiger partial charge in [-0.1, -0.05) is 59.6 Å². The molecule has 0 aliphatic carbocycles. The summed E-state index contributed by atoms with van der Waals surface area (Å²) >= 11 is 12.7. The second-order valence-electron chi connectivity index (χ2n) is 8.76. The minimum Gasteiger partial charge on any atom is -0.456 e. The average Bonchev–Trinajstić information content (AvgIpc) is 2.85. The number of piperidine rings is 1. The van der Waals surface area contributed by atoms with Crippen molar-refractivity contribution < 1.29 is 9.53 Å². The van der Waals surface area contributed by atoms with Crippen LogP contribution in [0.4, 0.5) is 0 Å². The third kappa shape index (κ3) is 4.89. The van der Waals surface area contributed by atoms with E-state index in [2.05, 4.69) is 17.0 Å². The van der Waals surface area contributed by atoms with E-state index in [1.807, 2.05) is 53.4 Å². The first-order valence-electron chi connectivity index (χ1n) is 11.4.